The smallest absolute Gasteiger partial charge is 0.207 e. The summed E-state index contributed by atoms with van der Waals surface area (Å²) in [6, 6.07) is 10.7. The van der Waals surface area contributed by atoms with Crippen molar-refractivity contribution in [1.29, 1.82) is 0 Å². The highest BCUT2D eigenvalue weighted by molar-refractivity contribution is 5.80. The van der Waals surface area contributed by atoms with Crippen LogP contribution in [-0.2, 0) is 12.4 Å². The minimum atomic E-state index is -5.05. The van der Waals surface area contributed by atoms with Crippen molar-refractivity contribution in [2.24, 2.45) is 0 Å². The van der Waals surface area contributed by atoms with Gasteiger partial charge in [0.25, 0.3) is 0 Å². The Morgan fingerprint density at radius 1 is 0.655 bits per heavy atom. The molecule has 0 spiro atoms. The van der Waals surface area contributed by atoms with E-state index in [9.17, 15) is 30.7 Å². The lowest BCUT2D eigenvalue weighted by atomic mass is 9.87. The second kappa shape index (κ2) is 7.21. The van der Waals surface area contributed by atoms with Gasteiger partial charge in [0.05, 0.1) is 11.1 Å². The molecule has 151 valence electrons. The van der Waals surface area contributed by atoms with Crippen LogP contribution in [0.1, 0.15) is 22.3 Å². The third-order valence-electron chi connectivity index (χ3n) is 4.56. The van der Waals surface area contributed by atoms with Crippen molar-refractivity contribution in [3.05, 3.63) is 82.7 Å². The Hall–Kier alpha value is -2.83. The van der Waals surface area contributed by atoms with Crippen molar-refractivity contribution in [3.8, 4) is 22.3 Å². The Morgan fingerprint density at radius 2 is 1.10 bits per heavy atom. The van der Waals surface area contributed by atoms with Crippen molar-refractivity contribution in [1.82, 2.24) is 0 Å². The molecule has 1 radical (unpaired) electrons. The van der Waals surface area contributed by atoms with Gasteiger partial charge in [-0.3, -0.25) is 0 Å². The highest BCUT2D eigenvalue weighted by Gasteiger charge is 2.42. The first kappa shape index (κ1) is 20.9. The molecule has 0 nitrogen and oxygen atoms in total. The van der Waals surface area contributed by atoms with Gasteiger partial charge in [-0.25, -0.2) is 4.39 Å². The topological polar surface area (TPSA) is 0 Å². The third kappa shape index (κ3) is 4.13. The van der Waals surface area contributed by atoms with Gasteiger partial charge in [0.15, 0.2) is 0 Å². The Labute approximate surface area is 162 Å². The van der Waals surface area contributed by atoms with Crippen LogP contribution in [0.5, 0.6) is 0 Å². The molecule has 0 aliphatic carbocycles. The van der Waals surface area contributed by atoms with Crippen LogP contribution < -0.4 is 0 Å². The first-order valence-corrected chi connectivity index (χ1v) is 8.45. The van der Waals surface area contributed by atoms with Crippen molar-refractivity contribution in [2.75, 3.05) is 0 Å². The lowest BCUT2D eigenvalue weighted by Crippen LogP contribution is -2.15. The highest BCUT2D eigenvalue weighted by Crippen LogP contribution is 2.47. The van der Waals surface area contributed by atoms with E-state index in [1.54, 1.807) is 13.8 Å². The van der Waals surface area contributed by atoms with E-state index in [0.717, 1.165) is 24.3 Å². The lowest BCUT2D eigenvalue weighted by Gasteiger charge is -2.22. The number of aryl methyl sites for hydroxylation is 2. The molecule has 3 rings (SSSR count). The van der Waals surface area contributed by atoms with E-state index >= 15 is 0 Å². The zero-order valence-electron chi connectivity index (χ0n) is 15.3. The summed E-state index contributed by atoms with van der Waals surface area (Å²) in [6.07, 6.45) is -10.1. The molecule has 0 fully saturated rings. The van der Waals surface area contributed by atoms with Gasteiger partial charge in [-0.15, -0.1) is 0 Å². The molecule has 7 heteroatoms. The van der Waals surface area contributed by atoms with Crippen LogP contribution in [0.4, 0.5) is 30.7 Å². The SMILES string of the molecule is Cc1c[c]cc(C)c1-c1cc(C(F)(F)F)c(-c2ccc(F)cc2)c(C(F)(F)F)c1. The Morgan fingerprint density at radius 3 is 1.52 bits per heavy atom. The summed E-state index contributed by atoms with van der Waals surface area (Å²) in [7, 11) is 0. The van der Waals surface area contributed by atoms with E-state index in [2.05, 4.69) is 6.07 Å². The maximum absolute atomic E-state index is 13.8. The van der Waals surface area contributed by atoms with Crippen LogP contribution >= 0.6 is 0 Å². The first-order valence-electron chi connectivity index (χ1n) is 8.45. The van der Waals surface area contributed by atoms with Gasteiger partial charge in [0.2, 0.25) is 0 Å². The molecule has 0 aliphatic rings. The molecule has 0 heterocycles. The number of halogens is 7. The van der Waals surface area contributed by atoms with Crippen molar-refractivity contribution in [3.63, 3.8) is 0 Å². The summed E-state index contributed by atoms with van der Waals surface area (Å²) in [6.45, 7) is 3.18. The summed E-state index contributed by atoms with van der Waals surface area (Å²) in [5.41, 5.74) is -3.16. The van der Waals surface area contributed by atoms with Gasteiger partial charge in [0, 0.05) is 5.56 Å². The fraction of sp³-hybridized carbons (Fsp3) is 0.182. The molecule has 0 saturated carbocycles. The van der Waals surface area contributed by atoms with E-state index in [1.807, 2.05) is 0 Å². The van der Waals surface area contributed by atoms with E-state index in [4.69, 9.17) is 0 Å². The molecule has 0 amide bonds. The second-order valence-electron chi connectivity index (χ2n) is 6.65. The minimum absolute atomic E-state index is 0.195. The van der Waals surface area contributed by atoms with Crippen LogP contribution in [0.15, 0.2) is 48.5 Å². The van der Waals surface area contributed by atoms with Gasteiger partial charge in [-0.05, 0) is 72.0 Å². The molecular formula is C22H14F7. The predicted molar refractivity (Wildman–Crippen MR) is 95.6 cm³/mol. The average molecular weight is 411 g/mol. The highest BCUT2D eigenvalue weighted by atomic mass is 19.4. The molecule has 29 heavy (non-hydrogen) atoms. The van der Waals surface area contributed by atoms with Crippen molar-refractivity contribution in [2.45, 2.75) is 26.2 Å². The zero-order chi connectivity index (χ0) is 21.6. The Balaban J connectivity index is 2.44. The van der Waals surface area contributed by atoms with Gasteiger partial charge < -0.3 is 0 Å². The van der Waals surface area contributed by atoms with Gasteiger partial charge in [-0.1, -0.05) is 24.3 Å². The first-order chi connectivity index (χ1) is 13.4. The molecule has 0 bridgehead atoms. The Kier molecular flexibility index (Phi) is 5.19. The number of alkyl halides is 6. The zero-order valence-corrected chi connectivity index (χ0v) is 15.3. The van der Waals surface area contributed by atoms with Crippen LogP contribution in [0.2, 0.25) is 0 Å². The maximum atomic E-state index is 13.8. The third-order valence-corrected chi connectivity index (χ3v) is 4.56. The van der Waals surface area contributed by atoms with E-state index < -0.39 is 34.9 Å². The standard InChI is InChI=1S/C22H14F7/c1-12-4-3-5-13(2)19(12)15-10-17(21(24,25)26)20(18(11-15)22(27,28)29)14-6-8-16(23)9-7-14/h4-11H,1-2H3. The molecule has 0 N–H and O–H groups in total. The number of benzene rings is 3. The molecule has 0 atom stereocenters. The fourth-order valence-electron chi connectivity index (χ4n) is 3.36. The summed E-state index contributed by atoms with van der Waals surface area (Å²) in [5, 5.41) is 0. The van der Waals surface area contributed by atoms with Crippen LogP contribution in [0.3, 0.4) is 0 Å². The molecular weight excluding hydrogens is 397 g/mol. The van der Waals surface area contributed by atoms with Crippen LogP contribution in [-0.4, -0.2) is 0 Å². The fourth-order valence-corrected chi connectivity index (χ4v) is 3.36. The number of hydrogen-bond acceptors (Lipinski definition) is 0. The maximum Gasteiger partial charge on any atom is 0.417 e. The van der Waals surface area contributed by atoms with Gasteiger partial charge in [-0.2, -0.15) is 26.3 Å². The molecule has 0 saturated heterocycles. The van der Waals surface area contributed by atoms with Gasteiger partial charge in [0.1, 0.15) is 5.82 Å². The van der Waals surface area contributed by atoms with Crippen molar-refractivity contribution < 1.29 is 30.7 Å². The van der Waals surface area contributed by atoms with E-state index in [1.165, 1.54) is 12.1 Å². The van der Waals surface area contributed by atoms with E-state index in [-0.39, 0.29) is 16.7 Å². The summed E-state index contributed by atoms with van der Waals surface area (Å²) in [4.78, 5) is 0. The second-order valence-corrected chi connectivity index (χ2v) is 6.65. The molecule has 3 aromatic rings. The molecule has 0 aliphatic heterocycles. The summed E-state index contributed by atoms with van der Waals surface area (Å²) < 4.78 is 96.2. The molecule has 0 unspecified atom stereocenters. The number of rotatable bonds is 2. The number of hydrogen-bond donors (Lipinski definition) is 0. The van der Waals surface area contributed by atoms with Crippen molar-refractivity contribution >= 4 is 0 Å². The minimum Gasteiger partial charge on any atom is -0.207 e. The Bertz CT molecular complexity index is 987. The molecule has 3 aromatic carbocycles. The van der Waals surface area contributed by atoms with E-state index in [0.29, 0.717) is 23.3 Å². The normalized spacial score (nSPS) is 12.3. The van der Waals surface area contributed by atoms with Gasteiger partial charge >= 0.3 is 12.4 Å². The lowest BCUT2D eigenvalue weighted by molar-refractivity contribution is -0.142. The average Bonchev–Trinajstić information content (AvgIpc) is 2.60. The predicted octanol–water partition coefficient (Wildman–Crippen LogP) is 7.61. The largest absolute Gasteiger partial charge is 0.417 e. The summed E-state index contributed by atoms with van der Waals surface area (Å²) in [5.74, 6) is -0.765. The molecule has 0 aromatic heterocycles. The monoisotopic (exact) mass is 411 g/mol. The van der Waals surface area contributed by atoms with Crippen LogP contribution in [0.25, 0.3) is 22.3 Å². The quantitative estimate of drug-likeness (QED) is 0.381. The summed E-state index contributed by atoms with van der Waals surface area (Å²) >= 11 is 0. The van der Waals surface area contributed by atoms with Crippen LogP contribution in [0, 0.1) is 25.7 Å².